The largest absolute Gasteiger partial charge is 0.386 e. The second-order valence-electron chi connectivity index (χ2n) is 8.06. The highest BCUT2D eigenvalue weighted by Crippen LogP contribution is 2.46. The lowest BCUT2D eigenvalue weighted by molar-refractivity contribution is 0.145. The summed E-state index contributed by atoms with van der Waals surface area (Å²) in [7, 11) is 0. The van der Waals surface area contributed by atoms with E-state index in [4.69, 9.17) is 5.73 Å². The highest BCUT2D eigenvalue weighted by Gasteiger charge is 2.35. The van der Waals surface area contributed by atoms with Crippen LogP contribution in [0.3, 0.4) is 0 Å². The number of guanidine groups is 1. The van der Waals surface area contributed by atoms with Crippen LogP contribution in [0.2, 0.25) is 0 Å². The van der Waals surface area contributed by atoms with Crippen LogP contribution in [-0.4, -0.2) is 16.2 Å². The van der Waals surface area contributed by atoms with E-state index < -0.39 is 18.2 Å². The van der Waals surface area contributed by atoms with Gasteiger partial charge in [0.25, 0.3) is 0 Å². The average Bonchev–Trinajstić information content (AvgIpc) is 3.19. The Labute approximate surface area is 173 Å². The molecule has 2 aliphatic rings. The molecule has 148 valence electrons. The molecule has 4 aromatic rings. The average molecular weight is 395 g/mol. The number of hydrogen-bond acceptors (Lipinski definition) is 3. The van der Waals surface area contributed by atoms with Crippen LogP contribution in [0.15, 0.2) is 77.8 Å². The normalized spacial score (nSPS) is 24.7. The zero-order valence-corrected chi connectivity index (χ0v) is 16.2. The molecule has 0 bridgehead atoms. The highest BCUT2D eigenvalue weighted by atomic mass is 16.3. The smallest absolute Gasteiger partial charge is 0.189 e. The molecule has 0 spiro atoms. The molecule has 0 heterocycles. The molecule has 0 saturated carbocycles. The monoisotopic (exact) mass is 395 g/mol. The molecule has 0 aromatic heterocycles. The standard InChI is InChI=1S/C25H21N3O2/c26-25(27-21-15-9-1-5-13-7-3-11-17(19(13)15)23(21)29)28-22-16-10-2-6-14-8-4-12-18(20(14)16)24(22)30/h1-12,21-24,29-30H,(H3,26,27,28). The molecule has 0 saturated heterocycles. The van der Waals surface area contributed by atoms with E-state index in [1.807, 2.05) is 72.8 Å². The van der Waals surface area contributed by atoms with Crippen molar-refractivity contribution < 1.29 is 10.2 Å². The van der Waals surface area contributed by atoms with Crippen molar-refractivity contribution in [3.8, 4) is 0 Å². The van der Waals surface area contributed by atoms with Crippen LogP contribution in [0.5, 0.6) is 0 Å². The summed E-state index contributed by atoms with van der Waals surface area (Å²) in [6.45, 7) is 0. The Hall–Kier alpha value is -3.41. The summed E-state index contributed by atoms with van der Waals surface area (Å²) in [4.78, 5) is 4.64. The van der Waals surface area contributed by atoms with Gasteiger partial charge in [0.15, 0.2) is 5.96 Å². The minimum Gasteiger partial charge on any atom is -0.386 e. The SMILES string of the molecule is NC(=NC1c2cccc3cccc(c23)C1O)NC1c2cccc3cccc(c23)C1O. The molecular weight excluding hydrogens is 374 g/mol. The minimum absolute atomic E-state index is 0.206. The van der Waals surface area contributed by atoms with Gasteiger partial charge < -0.3 is 21.3 Å². The third-order valence-electron chi connectivity index (χ3n) is 6.43. The molecule has 0 fully saturated rings. The van der Waals surface area contributed by atoms with Gasteiger partial charge >= 0.3 is 0 Å². The molecule has 2 aliphatic carbocycles. The molecular formula is C25H21N3O2. The summed E-state index contributed by atoms with van der Waals surface area (Å²) >= 11 is 0. The maximum atomic E-state index is 10.9. The summed E-state index contributed by atoms with van der Waals surface area (Å²) in [6.07, 6.45) is -1.46. The van der Waals surface area contributed by atoms with Gasteiger partial charge in [0.1, 0.15) is 18.2 Å². The quantitative estimate of drug-likeness (QED) is 0.307. The molecule has 0 aliphatic heterocycles. The van der Waals surface area contributed by atoms with Crippen LogP contribution in [-0.2, 0) is 0 Å². The number of rotatable bonds is 2. The third kappa shape index (κ3) is 2.33. The van der Waals surface area contributed by atoms with Crippen molar-refractivity contribution in [1.82, 2.24) is 5.32 Å². The van der Waals surface area contributed by atoms with Gasteiger partial charge in [-0.1, -0.05) is 72.8 Å². The van der Waals surface area contributed by atoms with Gasteiger partial charge in [-0.3, -0.25) is 0 Å². The Morgan fingerprint density at radius 3 is 1.83 bits per heavy atom. The van der Waals surface area contributed by atoms with Crippen molar-refractivity contribution in [2.45, 2.75) is 24.3 Å². The van der Waals surface area contributed by atoms with Crippen molar-refractivity contribution in [2.24, 2.45) is 10.7 Å². The van der Waals surface area contributed by atoms with E-state index >= 15 is 0 Å². The summed E-state index contributed by atoms with van der Waals surface area (Å²) in [5.41, 5.74) is 10.0. The van der Waals surface area contributed by atoms with Gasteiger partial charge in [-0.2, -0.15) is 0 Å². The van der Waals surface area contributed by atoms with Gasteiger partial charge in [0.2, 0.25) is 0 Å². The van der Waals surface area contributed by atoms with E-state index in [0.29, 0.717) is 0 Å². The first-order valence-electron chi connectivity index (χ1n) is 10.1. The van der Waals surface area contributed by atoms with Gasteiger partial charge in [0, 0.05) is 0 Å². The number of aliphatic hydroxyl groups is 2. The fraction of sp³-hybridized carbons (Fsp3) is 0.160. The van der Waals surface area contributed by atoms with E-state index in [0.717, 1.165) is 43.8 Å². The predicted octanol–water partition coefficient (Wildman–Crippen LogP) is 3.77. The highest BCUT2D eigenvalue weighted by molar-refractivity contribution is 5.94. The minimum atomic E-state index is -0.749. The first kappa shape index (κ1) is 17.4. The predicted molar refractivity (Wildman–Crippen MR) is 118 cm³/mol. The number of aliphatic hydroxyl groups excluding tert-OH is 2. The van der Waals surface area contributed by atoms with Crippen molar-refractivity contribution in [1.29, 1.82) is 0 Å². The molecule has 0 amide bonds. The summed E-state index contributed by atoms with van der Waals surface area (Å²) in [5.74, 6) is 0.206. The van der Waals surface area contributed by atoms with Crippen LogP contribution in [0.25, 0.3) is 21.5 Å². The zero-order valence-electron chi connectivity index (χ0n) is 16.2. The molecule has 5 nitrogen and oxygen atoms in total. The van der Waals surface area contributed by atoms with Crippen molar-refractivity contribution in [3.05, 3.63) is 95.1 Å². The molecule has 4 atom stereocenters. The van der Waals surface area contributed by atoms with E-state index in [-0.39, 0.29) is 12.0 Å². The van der Waals surface area contributed by atoms with Gasteiger partial charge in [0.05, 0.1) is 6.04 Å². The first-order valence-corrected chi connectivity index (χ1v) is 10.1. The fourth-order valence-corrected chi connectivity index (χ4v) is 5.13. The fourth-order valence-electron chi connectivity index (χ4n) is 5.13. The van der Waals surface area contributed by atoms with E-state index in [1.54, 1.807) is 0 Å². The Morgan fingerprint density at radius 1 is 0.700 bits per heavy atom. The molecule has 4 unspecified atom stereocenters. The van der Waals surface area contributed by atoms with Crippen LogP contribution >= 0.6 is 0 Å². The lowest BCUT2D eigenvalue weighted by Crippen LogP contribution is -2.37. The second-order valence-corrected chi connectivity index (χ2v) is 8.06. The Bertz CT molecular complexity index is 1340. The maximum Gasteiger partial charge on any atom is 0.189 e. The molecule has 0 radical (unpaired) electrons. The summed E-state index contributed by atoms with van der Waals surface area (Å²) in [5, 5.41) is 29.3. The molecule has 6 rings (SSSR count). The molecule has 30 heavy (non-hydrogen) atoms. The van der Waals surface area contributed by atoms with Crippen LogP contribution in [0, 0.1) is 0 Å². The molecule has 5 heteroatoms. The van der Waals surface area contributed by atoms with E-state index in [9.17, 15) is 10.2 Å². The van der Waals surface area contributed by atoms with Crippen molar-refractivity contribution in [2.75, 3.05) is 0 Å². The first-order chi connectivity index (χ1) is 14.6. The third-order valence-corrected chi connectivity index (χ3v) is 6.43. The number of benzene rings is 4. The van der Waals surface area contributed by atoms with E-state index in [1.165, 1.54) is 0 Å². The number of nitrogens with two attached hydrogens (primary N) is 1. The van der Waals surface area contributed by atoms with Crippen molar-refractivity contribution >= 4 is 27.5 Å². The summed E-state index contributed by atoms with van der Waals surface area (Å²) < 4.78 is 0. The van der Waals surface area contributed by atoms with Crippen LogP contribution in [0.1, 0.15) is 46.5 Å². The maximum absolute atomic E-state index is 10.9. The lowest BCUT2D eigenvalue weighted by Gasteiger charge is -2.21. The number of aliphatic imine (C=N–C) groups is 1. The lowest BCUT2D eigenvalue weighted by atomic mass is 10.0. The van der Waals surface area contributed by atoms with Crippen LogP contribution < -0.4 is 11.1 Å². The number of nitrogens with one attached hydrogen (secondary N) is 1. The Kier molecular flexibility index (Phi) is 3.66. The second kappa shape index (κ2) is 6.29. The van der Waals surface area contributed by atoms with Crippen LogP contribution in [0.4, 0.5) is 0 Å². The topological polar surface area (TPSA) is 90.9 Å². The molecule has 4 aromatic carbocycles. The van der Waals surface area contributed by atoms with Crippen molar-refractivity contribution in [3.63, 3.8) is 0 Å². The van der Waals surface area contributed by atoms with Gasteiger partial charge in [-0.15, -0.1) is 0 Å². The summed E-state index contributed by atoms with van der Waals surface area (Å²) in [6, 6.07) is 23.1. The molecule has 5 N–H and O–H groups in total. The number of nitrogens with zero attached hydrogens (tertiary/aromatic N) is 1. The van der Waals surface area contributed by atoms with E-state index in [2.05, 4.69) is 10.3 Å². The zero-order chi connectivity index (χ0) is 20.4. The Morgan fingerprint density at radius 2 is 1.20 bits per heavy atom. The number of hydrogen-bond donors (Lipinski definition) is 4. The van der Waals surface area contributed by atoms with Gasteiger partial charge in [-0.25, -0.2) is 4.99 Å². The Balaban J connectivity index is 1.36. The van der Waals surface area contributed by atoms with Gasteiger partial charge in [-0.05, 0) is 43.8 Å².